The highest BCUT2D eigenvalue weighted by molar-refractivity contribution is 6.03. The summed E-state index contributed by atoms with van der Waals surface area (Å²) in [6, 6.07) is 8.64. The SMILES string of the molecule is CC1=CC(C)=C(c2ccccc2/C(C)=N/C(C)(C)C)C1. The Kier molecular flexibility index (Phi) is 3.99. The van der Waals surface area contributed by atoms with Crippen LogP contribution in [0.5, 0.6) is 0 Å². The van der Waals surface area contributed by atoms with Gasteiger partial charge in [-0.05, 0) is 64.7 Å². The average Bonchev–Trinajstić information content (AvgIpc) is 2.66. The minimum atomic E-state index is -0.0372. The lowest BCUT2D eigenvalue weighted by molar-refractivity contribution is 0.584. The van der Waals surface area contributed by atoms with Crippen molar-refractivity contribution < 1.29 is 0 Å². The number of hydrogen-bond donors (Lipinski definition) is 0. The standard InChI is InChI=1S/C19H25N/c1-13-11-14(2)18(12-13)17-10-8-7-9-16(17)15(3)20-19(4,5)6/h7-11H,12H2,1-6H3/b20-15+. The van der Waals surface area contributed by atoms with Crippen molar-refractivity contribution in [1.82, 2.24) is 0 Å². The van der Waals surface area contributed by atoms with E-state index in [1.54, 1.807) is 0 Å². The highest BCUT2D eigenvalue weighted by Crippen LogP contribution is 2.34. The second-order valence-corrected chi connectivity index (χ2v) is 6.74. The van der Waals surface area contributed by atoms with Crippen molar-refractivity contribution in [2.75, 3.05) is 0 Å². The highest BCUT2D eigenvalue weighted by atomic mass is 14.8. The van der Waals surface area contributed by atoms with Gasteiger partial charge in [0.2, 0.25) is 0 Å². The number of rotatable bonds is 2. The van der Waals surface area contributed by atoms with Crippen molar-refractivity contribution in [2.24, 2.45) is 4.99 Å². The lowest BCUT2D eigenvalue weighted by Gasteiger charge is -2.17. The van der Waals surface area contributed by atoms with Gasteiger partial charge in [-0.3, -0.25) is 4.99 Å². The topological polar surface area (TPSA) is 12.4 Å². The van der Waals surface area contributed by atoms with E-state index < -0.39 is 0 Å². The molecule has 0 N–H and O–H groups in total. The quantitative estimate of drug-likeness (QED) is 0.635. The lowest BCUT2D eigenvalue weighted by Crippen LogP contribution is -2.14. The fourth-order valence-corrected chi connectivity index (χ4v) is 2.86. The van der Waals surface area contributed by atoms with Gasteiger partial charge in [0.05, 0.1) is 5.54 Å². The van der Waals surface area contributed by atoms with Crippen molar-refractivity contribution in [3.8, 4) is 0 Å². The van der Waals surface area contributed by atoms with Gasteiger partial charge in [-0.1, -0.05) is 35.9 Å². The molecule has 0 amide bonds. The molecule has 106 valence electrons. The van der Waals surface area contributed by atoms with Crippen molar-refractivity contribution in [3.05, 3.63) is 52.6 Å². The van der Waals surface area contributed by atoms with Gasteiger partial charge >= 0.3 is 0 Å². The molecule has 0 atom stereocenters. The van der Waals surface area contributed by atoms with Crippen molar-refractivity contribution in [1.29, 1.82) is 0 Å². The van der Waals surface area contributed by atoms with Gasteiger partial charge in [-0.25, -0.2) is 0 Å². The number of benzene rings is 1. The van der Waals surface area contributed by atoms with Crippen molar-refractivity contribution in [3.63, 3.8) is 0 Å². The summed E-state index contributed by atoms with van der Waals surface area (Å²) in [4.78, 5) is 4.83. The predicted molar refractivity (Wildman–Crippen MR) is 89.4 cm³/mol. The molecule has 1 aromatic carbocycles. The fourth-order valence-electron chi connectivity index (χ4n) is 2.86. The first-order valence-corrected chi connectivity index (χ1v) is 7.31. The Labute approximate surface area is 123 Å². The second kappa shape index (κ2) is 5.40. The van der Waals surface area contributed by atoms with Crippen LogP contribution in [0, 0.1) is 0 Å². The van der Waals surface area contributed by atoms with Gasteiger partial charge in [0.1, 0.15) is 0 Å². The maximum atomic E-state index is 4.83. The normalized spacial score (nSPS) is 16.7. The third kappa shape index (κ3) is 3.27. The summed E-state index contributed by atoms with van der Waals surface area (Å²) in [5.41, 5.74) is 7.96. The minimum Gasteiger partial charge on any atom is -0.284 e. The Morgan fingerprint density at radius 2 is 1.75 bits per heavy atom. The largest absolute Gasteiger partial charge is 0.284 e. The van der Waals surface area contributed by atoms with E-state index in [1.807, 2.05) is 0 Å². The molecule has 0 fully saturated rings. The van der Waals surface area contributed by atoms with Crippen molar-refractivity contribution in [2.45, 2.75) is 53.5 Å². The first-order valence-electron chi connectivity index (χ1n) is 7.31. The molecule has 0 aromatic heterocycles. The molecule has 20 heavy (non-hydrogen) atoms. The summed E-state index contributed by atoms with van der Waals surface area (Å²) in [5, 5.41) is 0. The molecule has 1 heteroatoms. The molecule has 0 aliphatic heterocycles. The number of hydrogen-bond acceptors (Lipinski definition) is 1. The zero-order valence-electron chi connectivity index (χ0n) is 13.5. The molecule has 1 aliphatic carbocycles. The van der Waals surface area contributed by atoms with Crippen LogP contribution in [0.25, 0.3) is 5.57 Å². The first-order chi connectivity index (χ1) is 9.28. The molecule has 0 bridgehead atoms. The zero-order valence-corrected chi connectivity index (χ0v) is 13.5. The average molecular weight is 267 g/mol. The Hall–Kier alpha value is -1.63. The Morgan fingerprint density at radius 3 is 2.30 bits per heavy atom. The molecule has 1 aliphatic rings. The molecule has 2 rings (SSSR count). The van der Waals surface area contributed by atoms with Crippen LogP contribution in [0.4, 0.5) is 0 Å². The van der Waals surface area contributed by atoms with E-state index in [1.165, 1.54) is 27.8 Å². The second-order valence-electron chi connectivity index (χ2n) is 6.74. The summed E-state index contributed by atoms with van der Waals surface area (Å²) in [7, 11) is 0. The number of nitrogens with zero attached hydrogens (tertiary/aromatic N) is 1. The summed E-state index contributed by atoms with van der Waals surface area (Å²) in [6.45, 7) is 13.0. The maximum Gasteiger partial charge on any atom is 0.0527 e. The van der Waals surface area contributed by atoms with Gasteiger partial charge < -0.3 is 0 Å². The van der Waals surface area contributed by atoms with Gasteiger partial charge in [0.25, 0.3) is 0 Å². The molecule has 0 saturated heterocycles. The number of aliphatic imine (C=N–C) groups is 1. The van der Waals surface area contributed by atoms with Crippen molar-refractivity contribution >= 4 is 11.3 Å². The smallest absolute Gasteiger partial charge is 0.0527 e. The van der Waals surface area contributed by atoms with E-state index in [0.717, 1.165) is 12.1 Å². The molecular weight excluding hydrogens is 242 g/mol. The van der Waals surface area contributed by atoms with Gasteiger partial charge in [-0.15, -0.1) is 0 Å². The van der Waals surface area contributed by atoms with Gasteiger partial charge in [-0.2, -0.15) is 0 Å². The first kappa shape index (κ1) is 14.8. The third-order valence-corrected chi connectivity index (χ3v) is 3.54. The van der Waals surface area contributed by atoms with Gasteiger partial charge in [0, 0.05) is 11.3 Å². The van der Waals surface area contributed by atoms with Crippen LogP contribution in [0.2, 0.25) is 0 Å². The molecule has 0 unspecified atom stereocenters. The van der Waals surface area contributed by atoms with E-state index in [4.69, 9.17) is 4.99 Å². The van der Waals surface area contributed by atoms with Crippen LogP contribution >= 0.6 is 0 Å². The highest BCUT2D eigenvalue weighted by Gasteiger charge is 2.17. The Bertz CT molecular complexity index is 607. The van der Waals surface area contributed by atoms with Crippen LogP contribution < -0.4 is 0 Å². The zero-order chi connectivity index (χ0) is 14.9. The Balaban J connectivity index is 2.49. The summed E-state index contributed by atoms with van der Waals surface area (Å²) >= 11 is 0. The number of allylic oxidation sites excluding steroid dienone is 4. The molecular formula is C19H25N. The fraction of sp³-hybridized carbons (Fsp3) is 0.421. The van der Waals surface area contributed by atoms with Gasteiger partial charge in [0.15, 0.2) is 0 Å². The van der Waals surface area contributed by atoms with E-state index in [2.05, 4.69) is 71.9 Å². The van der Waals surface area contributed by atoms with E-state index in [-0.39, 0.29) is 5.54 Å². The van der Waals surface area contributed by atoms with E-state index in [0.29, 0.717) is 0 Å². The minimum absolute atomic E-state index is 0.0372. The maximum absolute atomic E-state index is 4.83. The summed E-state index contributed by atoms with van der Waals surface area (Å²) in [5.74, 6) is 0. The van der Waals surface area contributed by atoms with E-state index >= 15 is 0 Å². The molecule has 1 aromatic rings. The molecule has 0 spiro atoms. The van der Waals surface area contributed by atoms with E-state index in [9.17, 15) is 0 Å². The lowest BCUT2D eigenvalue weighted by atomic mass is 9.93. The van der Waals surface area contributed by atoms with Crippen LogP contribution in [0.15, 0.2) is 46.5 Å². The monoisotopic (exact) mass is 267 g/mol. The molecule has 1 nitrogen and oxygen atoms in total. The molecule has 0 heterocycles. The van der Waals surface area contributed by atoms with Crippen LogP contribution in [-0.2, 0) is 0 Å². The van der Waals surface area contributed by atoms with Crippen LogP contribution in [0.1, 0.15) is 59.1 Å². The molecule has 0 radical (unpaired) electrons. The predicted octanol–water partition coefficient (Wildman–Crippen LogP) is 5.42. The third-order valence-electron chi connectivity index (χ3n) is 3.54. The Morgan fingerprint density at radius 1 is 1.10 bits per heavy atom. The van der Waals surface area contributed by atoms with Crippen LogP contribution in [-0.4, -0.2) is 11.3 Å². The molecule has 0 saturated carbocycles. The summed E-state index contributed by atoms with van der Waals surface area (Å²) in [6.07, 6.45) is 3.36. The van der Waals surface area contributed by atoms with Crippen LogP contribution in [0.3, 0.4) is 0 Å². The summed E-state index contributed by atoms with van der Waals surface area (Å²) < 4.78 is 0.